The van der Waals surface area contributed by atoms with Gasteiger partial charge in [0.05, 0.1) is 25.8 Å². The molecule has 0 unspecified atom stereocenters. The van der Waals surface area contributed by atoms with Gasteiger partial charge in [-0.3, -0.25) is 4.79 Å². The molecule has 0 aromatic heterocycles. The van der Waals surface area contributed by atoms with Crippen LogP contribution in [0.3, 0.4) is 0 Å². The van der Waals surface area contributed by atoms with Crippen LogP contribution in [0.4, 0.5) is 0 Å². The summed E-state index contributed by atoms with van der Waals surface area (Å²) in [6.07, 6.45) is 3.62. The molecule has 1 aromatic rings. The number of nitrogens with one attached hydrogen (secondary N) is 1. The van der Waals surface area contributed by atoms with Crippen LogP contribution in [-0.2, 0) is 9.53 Å². The van der Waals surface area contributed by atoms with E-state index in [9.17, 15) is 9.59 Å². The number of ether oxygens (including phenoxy) is 3. The lowest BCUT2D eigenvalue weighted by Gasteiger charge is -2.37. The standard InChI is InChI=1S/C20H28ClNO5/c1-5-10-27-17-15(21)11-14(12-16(17)25-3)18(23)22-20(19(24)26-4)8-6-13(2)7-9-20/h11-13H,5-10H2,1-4H3,(H,22,23). The highest BCUT2D eigenvalue weighted by molar-refractivity contribution is 6.32. The second-order valence-corrected chi connectivity index (χ2v) is 7.46. The molecule has 1 saturated carbocycles. The van der Waals surface area contributed by atoms with E-state index in [1.807, 2.05) is 6.92 Å². The molecule has 0 radical (unpaired) electrons. The number of amides is 1. The molecule has 27 heavy (non-hydrogen) atoms. The molecule has 0 aliphatic heterocycles. The van der Waals surface area contributed by atoms with Gasteiger partial charge >= 0.3 is 5.97 Å². The summed E-state index contributed by atoms with van der Waals surface area (Å²) in [6.45, 7) is 4.62. The Kier molecular flexibility index (Phi) is 7.36. The van der Waals surface area contributed by atoms with Crippen molar-refractivity contribution in [3.05, 3.63) is 22.7 Å². The Morgan fingerprint density at radius 3 is 2.48 bits per heavy atom. The molecule has 0 atom stereocenters. The molecule has 0 bridgehead atoms. The van der Waals surface area contributed by atoms with Crippen LogP contribution in [0.2, 0.25) is 5.02 Å². The fraction of sp³-hybridized carbons (Fsp3) is 0.600. The van der Waals surface area contributed by atoms with Crippen LogP contribution in [-0.4, -0.2) is 38.2 Å². The fourth-order valence-corrected chi connectivity index (χ4v) is 3.58. The molecule has 1 aromatic carbocycles. The predicted molar refractivity (Wildman–Crippen MR) is 104 cm³/mol. The minimum Gasteiger partial charge on any atom is -0.493 e. The molecule has 6 nitrogen and oxygen atoms in total. The molecular formula is C20H28ClNO5. The summed E-state index contributed by atoms with van der Waals surface area (Å²) in [5.74, 6) is 0.502. The normalized spacial score (nSPS) is 22.0. The van der Waals surface area contributed by atoms with Gasteiger partial charge < -0.3 is 19.5 Å². The van der Waals surface area contributed by atoms with Crippen LogP contribution in [0.5, 0.6) is 11.5 Å². The zero-order chi connectivity index (χ0) is 20.0. The maximum Gasteiger partial charge on any atom is 0.331 e. The lowest BCUT2D eigenvalue weighted by Crippen LogP contribution is -2.56. The third-order valence-corrected chi connectivity index (χ3v) is 5.28. The van der Waals surface area contributed by atoms with E-state index in [1.165, 1.54) is 20.3 Å². The highest BCUT2D eigenvalue weighted by Crippen LogP contribution is 2.37. The van der Waals surface area contributed by atoms with E-state index < -0.39 is 17.4 Å². The number of hydrogen-bond acceptors (Lipinski definition) is 5. The molecule has 2 rings (SSSR count). The molecule has 7 heteroatoms. The van der Waals surface area contributed by atoms with E-state index >= 15 is 0 Å². The Morgan fingerprint density at radius 2 is 1.93 bits per heavy atom. The fourth-order valence-electron chi connectivity index (χ4n) is 3.32. The second kappa shape index (κ2) is 9.31. The molecule has 1 amide bonds. The van der Waals surface area contributed by atoms with Crippen LogP contribution in [0, 0.1) is 5.92 Å². The van der Waals surface area contributed by atoms with E-state index in [1.54, 1.807) is 6.07 Å². The Hall–Kier alpha value is -1.95. The maximum absolute atomic E-state index is 12.9. The summed E-state index contributed by atoms with van der Waals surface area (Å²) in [5.41, 5.74) is -0.697. The number of halogens is 1. The predicted octanol–water partition coefficient (Wildman–Crippen LogP) is 3.99. The third-order valence-electron chi connectivity index (χ3n) is 5.00. The summed E-state index contributed by atoms with van der Waals surface area (Å²) >= 11 is 6.30. The van der Waals surface area contributed by atoms with E-state index in [0.29, 0.717) is 42.4 Å². The second-order valence-electron chi connectivity index (χ2n) is 7.05. The first-order valence-electron chi connectivity index (χ1n) is 9.28. The first-order valence-corrected chi connectivity index (χ1v) is 9.66. The monoisotopic (exact) mass is 397 g/mol. The van der Waals surface area contributed by atoms with E-state index in [2.05, 4.69) is 12.2 Å². The van der Waals surface area contributed by atoms with Crippen molar-refractivity contribution in [2.45, 2.75) is 51.5 Å². The number of benzene rings is 1. The molecule has 0 saturated heterocycles. The van der Waals surface area contributed by atoms with Gasteiger partial charge in [-0.1, -0.05) is 25.4 Å². The Balaban J connectivity index is 2.27. The molecule has 0 spiro atoms. The Morgan fingerprint density at radius 1 is 1.26 bits per heavy atom. The topological polar surface area (TPSA) is 73.9 Å². The average Bonchev–Trinajstić information content (AvgIpc) is 2.67. The van der Waals surface area contributed by atoms with Crippen LogP contribution in [0.15, 0.2) is 12.1 Å². The number of methoxy groups -OCH3 is 2. The molecule has 1 aliphatic rings. The van der Waals surface area contributed by atoms with Crippen LogP contribution in [0.1, 0.15) is 56.3 Å². The maximum atomic E-state index is 12.9. The van der Waals surface area contributed by atoms with E-state index in [-0.39, 0.29) is 5.02 Å². The third kappa shape index (κ3) is 4.86. The SMILES string of the molecule is CCCOc1c(Cl)cc(C(=O)NC2(C(=O)OC)CCC(C)CC2)cc1OC. The highest BCUT2D eigenvalue weighted by atomic mass is 35.5. The zero-order valence-electron chi connectivity index (χ0n) is 16.4. The quantitative estimate of drug-likeness (QED) is 0.704. The lowest BCUT2D eigenvalue weighted by molar-refractivity contribution is -0.150. The van der Waals surface area contributed by atoms with Crippen molar-refractivity contribution in [3.63, 3.8) is 0 Å². The van der Waals surface area contributed by atoms with Gasteiger partial charge in [-0.2, -0.15) is 0 Å². The summed E-state index contributed by atoms with van der Waals surface area (Å²) < 4.78 is 15.9. The number of esters is 1. The van der Waals surface area contributed by atoms with Gasteiger partial charge in [-0.25, -0.2) is 4.79 Å². The number of hydrogen-bond donors (Lipinski definition) is 1. The molecule has 1 N–H and O–H groups in total. The summed E-state index contributed by atoms with van der Waals surface area (Å²) in [5, 5.41) is 3.18. The minimum absolute atomic E-state index is 0.289. The van der Waals surface area contributed by atoms with Gasteiger partial charge in [0.1, 0.15) is 5.54 Å². The molecular weight excluding hydrogens is 370 g/mol. The molecule has 1 aliphatic carbocycles. The van der Waals surface area contributed by atoms with Crippen LogP contribution < -0.4 is 14.8 Å². The van der Waals surface area contributed by atoms with Gasteiger partial charge in [0, 0.05) is 5.56 Å². The summed E-state index contributed by atoms with van der Waals surface area (Å²) in [6, 6.07) is 3.10. The molecule has 1 fully saturated rings. The van der Waals surface area contributed by atoms with Crippen LogP contribution >= 0.6 is 11.6 Å². The number of rotatable bonds is 7. The Bertz CT molecular complexity index is 683. The first-order chi connectivity index (χ1) is 12.9. The molecule has 150 valence electrons. The van der Waals surface area contributed by atoms with Crippen LogP contribution in [0.25, 0.3) is 0 Å². The summed E-state index contributed by atoms with van der Waals surface area (Å²) in [4.78, 5) is 25.3. The van der Waals surface area contributed by atoms with E-state index in [4.69, 9.17) is 25.8 Å². The van der Waals surface area contributed by atoms with Crippen molar-refractivity contribution in [2.24, 2.45) is 5.92 Å². The van der Waals surface area contributed by atoms with Gasteiger partial charge in [0.2, 0.25) is 0 Å². The van der Waals surface area contributed by atoms with Gasteiger partial charge in [-0.15, -0.1) is 0 Å². The number of carbonyl (C=O) groups is 2. The van der Waals surface area contributed by atoms with Gasteiger partial charge in [0.15, 0.2) is 11.5 Å². The average molecular weight is 398 g/mol. The highest BCUT2D eigenvalue weighted by Gasteiger charge is 2.43. The zero-order valence-corrected chi connectivity index (χ0v) is 17.1. The van der Waals surface area contributed by atoms with Crippen molar-refractivity contribution < 1.29 is 23.8 Å². The first kappa shape index (κ1) is 21.4. The lowest BCUT2D eigenvalue weighted by atomic mass is 9.77. The van der Waals surface area contributed by atoms with Gasteiger partial charge in [0.25, 0.3) is 5.91 Å². The van der Waals surface area contributed by atoms with Crippen molar-refractivity contribution in [3.8, 4) is 11.5 Å². The smallest absolute Gasteiger partial charge is 0.331 e. The minimum atomic E-state index is -1.00. The van der Waals surface area contributed by atoms with Crippen molar-refractivity contribution in [2.75, 3.05) is 20.8 Å². The van der Waals surface area contributed by atoms with Crippen molar-refractivity contribution in [1.82, 2.24) is 5.32 Å². The summed E-state index contributed by atoms with van der Waals surface area (Å²) in [7, 11) is 2.83. The van der Waals surface area contributed by atoms with E-state index in [0.717, 1.165) is 19.3 Å². The number of carbonyl (C=O) groups excluding carboxylic acids is 2. The van der Waals surface area contributed by atoms with Crippen molar-refractivity contribution >= 4 is 23.5 Å². The van der Waals surface area contributed by atoms with Gasteiger partial charge in [-0.05, 0) is 50.2 Å². The largest absolute Gasteiger partial charge is 0.493 e. The Labute approximate surface area is 165 Å². The molecule has 0 heterocycles. The van der Waals surface area contributed by atoms with Crippen molar-refractivity contribution in [1.29, 1.82) is 0 Å².